The van der Waals surface area contributed by atoms with E-state index in [2.05, 4.69) is 28.6 Å². The van der Waals surface area contributed by atoms with E-state index < -0.39 is 0 Å². The van der Waals surface area contributed by atoms with Gasteiger partial charge >= 0.3 is 0 Å². The summed E-state index contributed by atoms with van der Waals surface area (Å²) in [5.74, 6) is -0.226. The first-order chi connectivity index (χ1) is 14.1. The van der Waals surface area contributed by atoms with Crippen molar-refractivity contribution in [3.05, 3.63) is 83.9 Å². The molecule has 1 heterocycles. The van der Waals surface area contributed by atoms with Crippen molar-refractivity contribution in [2.45, 2.75) is 13.3 Å². The van der Waals surface area contributed by atoms with Crippen LogP contribution in [0.15, 0.2) is 72.8 Å². The van der Waals surface area contributed by atoms with Gasteiger partial charge in [-0.25, -0.2) is 4.98 Å². The molecule has 0 spiro atoms. The van der Waals surface area contributed by atoms with Gasteiger partial charge in [0, 0.05) is 16.8 Å². The maximum atomic E-state index is 12.3. The molecule has 0 aliphatic heterocycles. The monoisotopic (exact) mass is 417 g/mol. The third-order valence-electron chi connectivity index (χ3n) is 4.54. The number of carbonyl (C=O) groups is 1. The maximum absolute atomic E-state index is 12.3. The summed E-state index contributed by atoms with van der Waals surface area (Å²) >= 11 is 6.94. The average Bonchev–Trinajstić information content (AvgIpc) is 3.18. The van der Waals surface area contributed by atoms with Crippen molar-refractivity contribution in [1.82, 2.24) is 10.3 Å². The molecule has 1 aromatic heterocycles. The molecule has 0 atom stereocenters. The highest BCUT2D eigenvalue weighted by molar-refractivity contribution is 7.80. The number of anilines is 1. The van der Waals surface area contributed by atoms with E-state index in [0.717, 1.165) is 28.2 Å². The fourth-order valence-corrected chi connectivity index (χ4v) is 4.10. The third-order valence-corrected chi connectivity index (χ3v) is 5.82. The van der Waals surface area contributed by atoms with Gasteiger partial charge < -0.3 is 5.32 Å². The predicted octanol–water partition coefficient (Wildman–Crippen LogP) is 5.65. The van der Waals surface area contributed by atoms with Crippen molar-refractivity contribution >= 4 is 50.5 Å². The Hall–Kier alpha value is -3.09. The Labute approximate surface area is 178 Å². The first kappa shape index (κ1) is 19.2. The second-order valence-electron chi connectivity index (χ2n) is 6.52. The first-order valence-corrected chi connectivity index (χ1v) is 10.5. The Kier molecular flexibility index (Phi) is 5.64. The minimum atomic E-state index is -0.226. The molecule has 0 aliphatic rings. The van der Waals surface area contributed by atoms with Crippen LogP contribution < -0.4 is 10.6 Å². The van der Waals surface area contributed by atoms with Crippen molar-refractivity contribution in [2.24, 2.45) is 0 Å². The van der Waals surface area contributed by atoms with Crippen LogP contribution in [0.1, 0.15) is 22.8 Å². The topological polar surface area (TPSA) is 54.0 Å². The summed E-state index contributed by atoms with van der Waals surface area (Å²) in [6, 6.07) is 23.5. The first-order valence-electron chi connectivity index (χ1n) is 9.29. The lowest BCUT2D eigenvalue weighted by atomic mass is 10.1. The van der Waals surface area contributed by atoms with Gasteiger partial charge in [0.25, 0.3) is 5.91 Å². The molecule has 4 aromatic rings. The number of hydrogen-bond donors (Lipinski definition) is 2. The SMILES string of the molecule is CCc1ccc(C(=O)NC(=S)Nc2ccc(-c3nc4ccccc4s3)cc2)cc1. The Morgan fingerprint density at radius 3 is 2.41 bits per heavy atom. The molecule has 4 rings (SSSR count). The zero-order valence-corrected chi connectivity index (χ0v) is 17.4. The number of thiazole rings is 1. The lowest BCUT2D eigenvalue weighted by molar-refractivity contribution is 0.0977. The molecule has 0 radical (unpaired) electrons. The van der Waals surface area contributed by atoms with E-state index in [-0.39, 0.29) is 11.0 Å². The third kappa shape index (κ3) is 4.50. The average molecular weight is 418 g/mol. The van der Waals surface area contributed by atoms with Gasteiger partial charge in [-0.3, -0.25) is 10.1 Å². The number of amides is 1. The van der Waals surface area contributed by atoms with Crippen molar-refractivity contribution < 1.29 is 4.79 Å². The standard InChI is InChI=1S/C23H19N3OS2/c1-2-15-7-9-16(10-8-15)21(27)26-23(28)24-18-13-11-17(12-14-18)22-25-19-5-3-4-6-20(19)29-22/h3-14H,2H2,1H3,(H2,24,26,27,28). The second-order valence-corrected chi connectivity index (χ2v) is 7.96. The molecule has 144 valence electrons. The number of aryl methyl sites for hydroxylation is 1. The van der Waals surface area contributed by atoms with E-state index >= 15 is 0 Å². The molecular weight excluding hydrogens is 398 g/mol. The summed E-state index contributed by atoms with van der Waals surface area (Å²) in [6.45, 7) is 2.08. The van der Waals surface area contributed by atoms with E-state index in [4.69, 9.17) is 12.2 Å². The van der Waals surface area contributed by atoms with Gasteiger partial charge in [0.2, 0.25) is 0 Å². The predicted molar refractivity (Wildman–Crippen MR) is 125 cm³/mol. The van der Waals surface area contributed by atoms with E-state index in [1.807, 2.05) is 66.7 Å². The van der Waals surface area contributed by atoms with Crippen molar-refractivity contribution in [3.8, 4) is 10.6 Å². The van der Waals surface area contributed by atoms with Crippen LogP contribution in [0.5, 0.6) is 0 Å². The van der Waals surface area contributed by atoms with Crippen molar-refractivity contribution in [2.75, 3.05) is 5.32 Å². The largest absolute Gasteiger partial charge is 0.332 e. The number of para-hydroxylation sites is 1. The fourth-order valence-electron chi connectivity index (χ4n) is 2.92. The van der Waals surface area contributed by atoms with Crippen LogP contribution in [-0.2, 0) is 6.42 Å². The minimum absolute atomic E-state index is 0.226. The molecule has 6 heteroatoms. The Balaban J connectivity index is 1.40. The summed E-state index contributed by atoms with van der Waals surface area (Å²) in [7, 11) is 0. The Morgan fingerprint density at radius 2 is 1.72 bits per heavy atom. The van der Waals surface area contributed by atoms with Crippen LogP contribution in [0.3, 0.4) is 0 Å². The lowest BCUT2D eigenvalue weighted by Crippen LogP contribution is -2.34. The number of nitrogens with zero attached hydrogens (tertiary/aromatic N) is 1. The molecule has 1 amide bonds. The van der Waals surface area contributed by atoms with Gasteiger partial charge in [-0.1, -0.05) is 31.2 Å². The summed E-state index contributed by atoms with van der Waals surface area (Å²) in [4.78, 5) is 17.0. The number of thiocarbonyl (C=S) groups is 1. The fraction of sp³-hybridized carbons (Fsp3) is 0.0870. The van der Waals surface area contributed by atoms with Crippen molar-refractivity contribution in [3.63, 3.8) is 0 Å². The number of nitrogens with one attached hydrogen (secondary N) is 2. The second kappa shape index (κ2) is 8.51. The summed E-state index contributed by atoms with van der Waals surface area (Å²) < 4.78 is 1.17. The Bertz CT molecular complexity index is 1130. The zero-order chi connectivity index (χ0) is 20.2. The molecule has 0 saturated heterocycles. The van der Waals surface area contributed by atoms with Crippen LogP contribution in [0.25, 0.3) is 20.8 Å². The quantitative estimate of drug-likeness (QED) is 0.421. The van der Waals surface area contributed by atoms with Crippen LogP contribution in [-0.4, -0.2) is 16.0 Å². The summed E-state index contributed by atoms with van der Waals surface area (Å²) in [5, 5.41) is 7.01. The van der Waals surface area contributed by atoms with Gasteiger partial charge in [0.05, 0.1) is 10.2 Å². The normalized spacial score (nSPS) is 10.7. The van der Waals surface area contributed by atoms with Crippen LogP contribution >= 0.6 is 23.6 Å². The highest BCUT2D eigenvalue weighted by atomic mass is 32.1. The molecular formula is C23H19N3OS2. The van der Waals surface area contributed by atoms with E-state index in [9.17, 15) is 4.79 Å². The molecule has 0 saturated carbocycles. The molecule has 4 nitrogen and oxygen atoms in total. The number of aromatic nitrogens is 1. The van der Waals surface area contributed by atoms with Crippen molar-refractivity contribution in [1.29, 1.82) is 0 Å². The minimum Gasteiger partial charge on any atom is -0.332 e. The van der Waals surface area contributed by atoms with Gasteiger partial charge in [0.1, 0.15) is 5.01 Å². The van der Waals surface area contributed by atoms with Crippen LogP contribution in [0.4, 0.5) is 5.69 Å². The highest BCUT2D eigenvalue weighted by Gasteiger charge is 2.09. The molecule has 0 unspecified atom stereocenters. The number of carbonyl (C=O) groups excluding carboxylic acids is 1. The molecule has 0 fully saturated rings. The molecule has 2 N–H and O–H groups in total. The lowest BCUT2D eigenvalue weighted by Gasteiger charge is -2.10. The molecule has 3 aromatic carbocycles. The van der Waals surface area contributed by atoms with Crippen LogP contribution in [0.2, 0.25) is 0 Å². The number of benzene rings is 3. The molecule has 29 heavy (non-hydrogen) atoms. The summed E-state index contributed by atoms with van der Waals surface area (Å²) in [6.07, 6.45) is 0.939. The molecule has 0 bridgehead atoms. The van der Waals surface area contributed by atoms with Gasteiger partial charge in [-0.15, -0.1) is 11.3 Å². The van der Waals surface area contributed by atoms with E-state index in [1.165, 1.54) is 10.3 Å². The van der Waals surface area contributed by atoms with E-state index in [0.29, 0.717) is 5.56 Å². The Morgan fingerprint density at radius 1 is 1.00 bits per heavy atom. The maximum Gasteiger partial charge on any atom is 0.257 e. The summed E-state index contributed by atoms with van der Waals surface area (Å²) in [5.41, 5.74) is 4.63. The van der Waals surface area contributed by atoms with Crippen LogP contribution in [0, 0.1) is 0 Å². The highest BCUT2D eigenvalue weighted by Crippen LogP contribution is 2.30. The van der Waals surface area contributed by atoms with Gasteiger partial charge in [-0.2, -0.15) is 0 Å². The number of hydrogen-bond acceptors (Lipinski definition) is 4. The zero-order valence-electron chi connectivity index (χ0n) is 15.8. The number of fused-ring (bicyclic) bond motifs is 1. The molecule has 0 aliphatic carbocycles. The van der Waals surface area contributed by atoms with Gasteiger partial charge in [0.15, 0.2) is 5.11 Å². The smallest absolute Gasteiger partial charge is 0.257 e. The van der Waals surface area contributed by atoms with Gasteiger partial charge in [-0.05, 0) is 72.7 Å². The van der Waals surface area contributed by atoms with E-state index in [1.54, 1.807) is 11.3 Å². The number of rotatable bonds is 4.